The largest absolute Gasteiger partial charge is 0.508 e. The molecule has 0 spiro atoms. The smallest absolute Gasteiger partial charge is 0.325 e. The zero-order valence-electron chi connectivity index (χ0n) is 7.93. The van der Waals surface area contributed by atoms with E-state index >= 15 is 0 Å². The Balaban J connectivity index is 2.44. The summed E-state index contributed by atoms with van der Waals surface area (Å²) in [6.07, 6.45) is 0. The maximum atomic E-state index is 10.7. The van der Waals surface area contributed by atoms with Gasteiger partial charge in [0.1, 0.15) is 11.8 Å². The van der Waals surface area contributed by atoms with Crippen LogP contribution in [0.1, 0.15) is 22.7 Å². The van der Waals surface area contributed by atoms with E-state index < -0.39 is 12.0 Å². The van der Waals surface area contributed by atoms with Gasteiger partial charge in [-0.25, -0.2) is 0 Å². The van der Waals surface area contributed by atoms with Gasteiger partial charge in [-0.1, -0.05) is 0 Å². The summed E-state index contributed by atoms with van der Waals surface area (Å²) in [4.78, 5) is 10.7. The van der Waals surface area contributed by atoms with Crippen molar-refractivity contribution < 1.29 is 19.7 Å². The molecule has 5 heteroatoms. The molecule has 1 heterocycles. The summed E-state index contributed by atoms with van der Waals surface area (Å²) >= 11 is 0. The lowest BCUT2D eigenvalue weighted by Crippen LogP contribution is -2.20. The quantitative estimate of drug-likeness (QED) is 0.659. The molecule has 80 valence electrons. The van der Waals surface area contributed by atoms with Crippen molar-refractivity contribution in [3.8, 4) is 5.75 Å². The van der Waals surface area contributed by atoms with Crippen LogP contribution in [-0.4, -0.2) is 16.2 Å². The Bertz CT molecular complexity index is 416. The Morgan fingerprint density at radius 1 is 1.40 bits per heavy atom. The second-order valence-corrected chi connectivity index (χ2v) is 3.49. The lowest BCUT2D eigenvalue weighted by molar-refractivity contribution is -0.138. The fourth-order valence-electron chi connectivity index (χ4n) is 1.62. The first-order valence-corrected chi connectivity index (χ1v) is 4.50. The number of benzene rings is 1. The maximum absolute atomic E-state index is 10.7. The van der Waals surface area contributed by atoms with Crippen molar-refractivity contribution in [3.63, 3.8) is 0 Å². The molecule has 0 aromatic heterocycles. The highest BCUT2D eigenvalue weighted by atomic mass is 16.5. The highest BCUT2D eigenvalue weighted by molar-refractivity contribution is 5.76. The second kappa shape index (κ2) is 3.52. The third-order valence-corrected chi connectivity index (χ3v) is 2.47. The Morgan fingerprint density at radius 2 is 2.00 bits per heavy atom. The number of ether oxygens (including phenoxy) is 1. The summed E-state index contributed by atoms with van der Waals surface area (Å²) in [5.74, 6) is -1.25. The highest BCUT2D eigenvalue weighted by Gasteiger charge is 2.22. The van der Waals surface area contributed by atoms with Crippen molar-refractivity contribution in [2.75, 3.05) is 0 Å². The second-order valence-electron chi connectivity index (χ2n) is 3.49. The number of aromatic hydroxyl groups is 1. The molecule has 0 radical (unpaired) electrons. The summed E-state index contributed by atoms with van der Waals surface area (Å²) in [5.41, 5.74) is 7.43. The number of phenols is 1. The molecular formula is C10H11NO4. The number of phenolic OH excluding ortho intramolecular Hbond substituents is 1. The lowest BCUT2D eigenvalue weighted by Gasteiger charge is -2.10. The number of aliphatic carboxylic acids is 1. The average Bonchev–Trinajstić information content (AvgIpc) is 2.62. The molecule has 4 N–H and O–H groups in total. The number of carboxylic acids is 1. The van der Waals surface area contributed by atoms with E-state index in [0.29, 0.717) is 13.2 Å². The molecule has 2 rings (SSSR count). The van der Waals surface area contributed by atoms with Crippen molar-refractivity contribution in [1.82, 2.24) is 0 Å². The summed E-state index contributed by atoms with van der Waals surface area (Å²) < 4.78 is 5.17. The van der Waals surface area contributed by atoms with Crippen LogP contribution in [0.5, 0.6) is 5.75 Å². The minimum Gasteiger partial charge on any atom is -0.508 e. The normalized spacial score (nSPS) is 16.1. The average molecular weight is 209 g/mol. The minimum atomic E-state index is -1.20. The molecule has 15 heavy (non-hydrogen) atoms. The summed E-state index contributed by atoms with van der Waals surface area (Å²) in [6, 6.07) is 1.91. The number of carbonyl (C=O) groups is 1. The minimum absolute atomic E-state index is 0.0887. The zero-order valence-corrected chi connectivity index (χ0v) is 7.93. The van der Waals surface area contributed by atoms with Gasteiger partial charge in [0.25, 0.3) is 0 Å². The molecule has 1 aliphatic heterocycles. The monoisotopic (exact) mass is 209 g/mol. The van der Waals surface area contributed by atoms with Crippen molar-refractivity contribution in [1.29, 1.82) is 0 Å². The molecule has 1 aliphatic rings. The zero-order chi connectivity index (χ0) is 11.0. The van der Waals surface area contributed by atoms with Crippen LogP contribution in [0.3, 0.4) is 0 Å². The van der Waals surface area contributed by atoms with E-state index in [9.17, 15) is 9.90 Å². The molecule has 1 aromatic carbocycles. The molecule has 0 saturated carbocycles. The number of fused-ring (bicyclic) bond motifs is 1. The standard InChI is InChI=1S/C10H11NO4/c11-9(10(13)14)7-1-5-3-15-4-6(5)2-8(7)12/h1-2,9,12H,3-4,11H2,(H,13,14). The van der Waals surface area contributed by atoms with Crippen LogP contribution >= 0.6 is 0 Å². The van der Waals surface area contributed by atoms with Crippen molar-refractivity contribution in [3.05, 3.63) is 28.8 Å². The van der Waals surface area contributed by atoms with Crippen molar-refractivity contribution in [2.45, 2.75) is 19.3 Å². The van der Waals surface area contributed by atoms with Gasteiger partial charge in [-0.2, -0.15) is 0 Å². The molecular weight excluding hydrogens is 198 g/mol. The van der Waals surface area contributed by atoms with E-state index in [2.05, 4.69) is 0 Å². The first-order chi connectivity index (χ1) is 7.09. The van der Waals surface area contributed by atoms with Gasteiger partial charge in [0, 0.05) is 5.56 Å². The number of rotatable bonds is 2. The van der Waals surface area contributed by atoms with Crippen LogP contribution in [-0.2, 0) is 22.7 Å². The van der Waals surface area contributed by atoms with Gasteiger partial charge in [0.2, 0.25) is 0 Å². The number of hydrogen-bond donors (Lipinski definition) is 3. The predicted molar refractivity (Wildman–Crippen MR) is 51.2 cm³/mol. The Labute approximate surface area is 86.1 Å². The molecule has 1 unspecified atom stereocenters. The first-order valence-electron chi connectivity index (χ1n) is 4.50. The van der Waals surface area contributed by atoms with E-state index in [4.69, 9.17) is 15.6 Å². The summed E-state index contributed by atoms with van der Waals surface area (Å²) in [5, 5.41) is 18.3. The van der Waals surface area contributed by atoms with E-state index in [0.717, 1.165) is 11.1 Å². The van der Waals surface area contributed by atoms with E-state index in [1.165, 1.54) is 6.07 Å². The van der Waals surface area contributed by atoms with Crippen LogP contribution in [0.4, 0.5) is 0 Å². The topological polar surface area (TPSA) is 92.8 Å². The Morgan fingerprint density at radius 3 is 2.60 bits per heavy atom. The van der Waals surface area contributed by atoms with Crippen LogP contribution in [0.2, 0.25) is 0 Å². The van der Waals surface area contributed by atoms with Crippen LogP contribution in [0.15, 0.2) is 12.1 Å². The van der Waals surface area contributed by atoms with Gasteiger partial charge < -0.3 is 20.7 Å². The third kappa shape index (κ3) is 1.67. The van der Waals surface area contributed by atoms with Gasteiger partial charge in [0.15, 0.2) is 0 Å². The summed E-state index contributed by atoms with van der Waals surface area (Å²) in [6.45, 7) is 0.889. The van der Waals surface area contributed by atoms with Gasteiger partial charge in [-0.3, -0.25) is 4.79 Å². The van der Waals surface area contributed by atoms with Crippen LogP contribution < -0.4 is 5.73 Å². The maximum Gasteiger partial charge on any atom is 0.325 e. The molecule has 0 amide bonds. The van der Waals surface area contributed by atoms with Crippen molar-refractivity contribution >= 4 is 5.97 Å². The molecule has 0 aliphatic carbocycles. The van der Waals surface area contributed by atoms with Crippen LogP contribution in [0, 0.1) is 0 Å². The number of hydrogen-bond acceptors (Lipinski definition) is 4. The molecule has 5 nitrogen and oxygen atoms in total. The predicted octanol–water partition coefficient (Wildman–Crippen LogP) is 0.507. The van der Waals surface area contributed by atoms with Crippen LogP contribution in [0.25, 0.3) is 0 Å². The molecule has 0 bridgehead atoms. The first kappa shape index (κ1) is 9.95. The Hall–Kier alpha value is -1.59. The van der Waals surface area contributed by atoms with Crippen molar-refractivity contribution in [2.24, 2.45) is 5.73 Å². The number of nitrogens with two attached hydrogens (primary N) is 1. The van der Waals surface area contributed by atoms with Gasteiger partial charge in [-0.15, -0.1) is 0 Å². The fourth-order valence-corrected chi connectivity index (χ4v) is 1.62. The molecule has 1 atom stereocenters. The molecule has 0 fully saturated rings. The van der Waals surface area contributed by atoms with E-state index in [-0.39, 0.29) is 11.3 Å². The Kier molecular flexibility index (Phi) is 2.34. The highest BCUT2D eigenvalue weighted by Crippen LogP contribution is 2.30. The number of carboxylic acid groups (broad SMARTS) is 1. The van der Waals surface area contributed by atoms with Gasteiger partial charge >= 0.3 is 5.97 Å². The third-order valence-electron chi connectivity index (χ3n) is 2.47. The SMILES string of the molecule is NC(C(=O)O)c1cc2c(cc1O)COC2. The lowest BCUT2D eigenvalue weighted by atomic mass is 10.0. The van der Waals surface area contributed by atoms with E-state index in [1.807, 2.05) is 0 Å². The molecule has 0 saturated heterocycles. The van der Waals surface area contributed by atoms with Gasteiger partial charge in [0.05, 0.1) is 13.2 Å². The van der Waals surface area contributed by atoms with Gasteiger partial charge in [-0.05, 0) is 23.3 Å². The molecule has 1 aromatic rings. The van der Waals surface area contributed by atoms with E-state index in [1.54, 1.807) is 6.07 Å². The fraction of sp³-hybridized carbons (Fsp3) is 0.300. The summed E-state index contributed by atoms with van der Waals surface area (Å²) in [7, 11) is 0.